The van der Waals surface area contributed by atoms with Gasteiger partial charge < -0.3 is 5.11 Å². The molecule has 0 radical (unpaired) electrons. The fourth-order valence-electron chi connectivity index (χ4n) is 2.48. The van der Waals surface area contributed by atoms with E-state index in [4.69, 9.17) is 11.6 Å². The maximum atomic E-state index is 14.0. The quantitative estimate of drug-likeness (QED) is 0.510. The van der Waals surface area contributed by atoms with Gasteiger partial charge in [-0.05, 0) is 18.9 Å². The Morgan fingerprint density at radius 3 is 2.56 bits per heavy atom. The summed E-state index contributed by atoms with van der Waals surface area (Å²) in [5, 5.41) is 9.25. The van der Waals surface area contributed by atoms with E-state index >= 15 is 0 Å². The van der Waals surface area contributed by atoms with Gasteiger partial charge in [0.2, 0.25) is 6.08 Å². The van der Waals surface area contributed by atoms with Gasteiger partial charge in [-0.15, -0.1) is 0 Å². The monoisotopic (exact) mass is 273 g/mol. The third-order valence-electron chi connectivity index (χ3n) is 3.30. The Bertz CT molecular complexity index is 509. The Balaban J connectivity index is 2.72. The Morgan fingerprint density at radius 1 is 1.39 bits per heavy atom. The van der Waals surface area contributed by atoms with Crippen LogP contribution in [0.3, 0.4) is 0 Å². The van der Waals surface area contributed by atoms with Crippen molar-refractivity contribution in [3.63, 3.8) is 0 Å². The number of carbonyl (C=O) groups excluding carboxylic acids is 1. The van der Waals surface area contributed by atoms with Crippen LogP contribution in [0.2, 0.25) is 5.02 Å². The van der Waals surface area contributed by atoms with Crippen molar-refractivity contribution >= 4 is 17.7 Å². The number of phenolic OH excluding ortho intramolecular Hbond substituents is 1. The van der Waals surface area contributed by atoms with Crippen LogP contribution in [0.4, 0.5) is 8.78 Å². The summed E-state index contributed by atoms with van der Waals surface area (Å²) in [7, 11) is 0. The summed E-state index contributed by atoms with van der Waals surface area (Å²) < 4.78 is 27.5. The van der Waals surface area contributed by atoms with Gasteiger partial charge in [-0.2, -0.15) is 4.99 Å². The number of aliphatic imine (C=N–C) groups is 1. The lowest BCUT2D eigenvalue weighted by Crippen LogP contribution is -2.21. The van der Waals surface area contributed by atoms with Crippen molar-refractivity contribution in [2.45, 2.75) is 31.2 Å². The normalized spacial score (nSPS) is 17.5. The summed E-state index contributed by atoms with van der Waals surface area (Å²) in [5.41, 5.74) is -1.59. The Kier molecular flexibility index (Phi) is 3.37. The molecule has 1 aliphatic carbocycles. The predicted molar refractivity (Wildman–Crippen MR) is 61.3 cm³/mol. The van der Waals surface area contributed by atoms with Crippen molar-refractivity contribution in [1.82, 2.24) is 0 Å². The molecule has 6 heteroatoms. The van der Waals surface area contributed by atoms with E-state index in [0.29, 0.717) is 31.7 Å². The van der Waals surface area contributed by atoms with Crippen molar-refractivity contribution in [2.24, 2.45) is 4.99 Å². The van der Waals surface area contributed by atoms with Crippen molar-refractivity contribution in [3.8, 4) is 5.75 Å². The van der Waals surface area contributed by atoms with E-state index < -0.39 is 27.9 Å². The first-order chi connectivity index (χ1) is 8.52. The lowest BCUT2D eigenvalue weighted by Gasteiger charge is -2.24. The summed E-state index contributed by atoms with van der Waals surface area (Å²) in [4.78, 5) is 14.1. The molecule has 0 atom stereocenters. The smallest absolute Gasteiger partial charge is 0.235 e. The van der Waals surface area contributed by atoms with Gasteiger partial charge in [0.1, 0.15) is 5.54 Å². The first kappa shape index (κ1) is 13.0. The van der Waals surface area contributed by atoms with Crippen molar-refractivity contribution < 1.29 is 18.7 Å². The van der Waals surface area contributed by atoms with E-state index in [0.717, 1.165) is 0 Å². The molecule has 1 aliphatic rings. The average Bonchev–Trinajstić information content (AvgIpc) is 2.77. The molecule has 1 N–H and O–H groups in total. The molecule has 0 saturated heterocycles. The first-order valence-electron chi connectivity index (χ1n) is 5.48. The minimum atomic E-state index is -1.25. The highest BCUT2D eigenvalue weighted by Crippen LogP contribution is 2.48. The van der Waals surface area contributed by atoms with Crippen LogP contribution in [0.15, 0.2) is 11.1 Å². The number of aromatic hydroxyl groups is 1. The number of rotatable bonds is 2. The van der Waals surface area contributed by atoms with Gasteiger partial charge in [0.05, 0.1) is 10.6 Å². The van der Waals surface area contributed by atoms with Crippen LogP contribution in [-0.4, -0.2) is 11.2 Å². The van der Waals surface area contributed by atoms with Gasteiger partial charge in [-0.25, -0.2) is 13.6 Å². The molecular formula is C12H10ClF2NO2. The molecule has 1 aromatic rings. The maximum Gasteiger partial charge on any atom is 0.235 e. The topological polar surface area (TPSA) is 49.7 Å². The first-order valence-corrected chi connectivity index (χ1v) is 5.85. The number of phenols is 1. The molecule has 1 saturated carbocycles. The zero-order chi connectivity index (χ0) is 13.3. The summed E-state index contributed by atoms with van der Waals surface area (Å²) in [6, 6.07) is 0.697. The molecule has 3 nitrogen and oxygen atoms in total. The molecule has 1 fully saturated rings. The van der Waals surface area contributed by atoms with Crippen LogP contribution in [0.1, 0.15) is 31.2 Å². The molecule has 18 heavy (non-hydrogen) atoms. The lowest BCUT2D eigenvalue weighted by atomic mass is 9.87. The van der Waals surface area contributed by atoms with E-state index in [2.05, 4.69) is 4.99 Å². The van der Waals surface area contributed by atoms with Gasteiger partial charge in [-0.3, -0.25) is 0 Å². The number of hydrogen-bond acceptors (Lipinski definition) is 3. The lowest BCUT2D eigenvalue weighted by molar-refractivity contribution is 0.368. The van der Waals surface area contributed by atoms with Crippen molar-refractivity contribution in [1.29, 1.82) is 0 Å². The number of nitrogens with zero attached hydrogens (tertiary/aromatic N) is 1. The average molecular weight is 274 g/mol. The van der Waals surface area contributed by atoms with Crippen LogP contribution < -0.4 is 0 Å². The summed E-state index contributed by atoms with van der Waals surface area (Å²) in [6.07, 6.45) is 3.49. The number of hydrogen-bond donors (Lipinski definition) is 1. The second-order valence-corrected chi connectivity index (χ2v) is 4.73. The van der Waals surface area contributed by atoms with E-state index in [-0.39, 0.29) is 5.56 Å². The fourth-order valence-corrected chi connectivity index (χ4v) is 2.67. The number of benzene rings is 1. The molecule has 0 bridgehead atoms. The van der Waals surface area contributed by atoms with E-state index in [1.165, 1.54) is 6.08 Å². The molecule has 0 heterocycles. The van der Waals surface area contributed by atoms with Gasteiger partial charge in [-0.1, -0.05) is 24.4 Å². The molecule has 0 aromatic heterocycles. The third-order valence-corrected chi connectivity index (χ3v) is 3.58. The standard InChI is InChI=1S/C12H10ClF2NO2/c13-7-5-8(14)11(18)9(10(7)15)12(16-6-17)3-1-2-4-12/h5,18H,1-4H2. The second-order valence-electron chi connectivity index (χ2n) is 4.32. The fraction of sp³-hybridized carbons (Fsp3) is 0.417. The Morgan fingerprint density at radius 2 is 2.00 bits per heavy atom. The Hall–Kier alpha value is -1.45. The van der Waals surface area contributed by atoms with Crippen LogP contribution in [0.5, 0.6) is 5.75 Å². The molecule has 96 valence electrons. The van der Waals surface area contributed by atoms with Gasteiger partial charge in [0.15, 0.2) is 17.4 Å². The second kappa shape index (κ2) is 4.67. The molecule has 1 aromatic carbocycles. The van der Waals surface area contributed by atoms with E-state index in [1.54, 1.807) is 0 Å². The molecule has 2 rings (SSSR count). The van der Waals surface area contributed by atoms with E-state index in [9.17, 15) is 18.7 Å². The van der Waals surface area contributed by atoms with E-state index in [1.807, 2.05) is 0 Å². The number of halogens is 3. The minimum absolute atomic E-state index is 0.339. The van der Waals surface area contributed by atoms with Crippen molar-refractivity contribution in [3.05, 3.63) is 28.3 Å². The maximum absolute atomic E-state index is 14.0. The van der Waals surface area contributed by atoms with Crippen LogP contribution in [0.25, 0.3) is 0 Å². The van der Waals surface area contributed by atoms with Crippen LogP contribution >= 0.6 is 11.6 Å². The zero-order valence-corrected chi connectivity index (χ0v) is 10.1. The molecule has 0 unspecified atom stereocenters. The Labute approximate surface area is 107 Å². The summed E-state index contributed by atoms with van der Waals surface area (Å²) >= 11 is 5.57. The third kappa shape index (κ3) is 1.89. The minimum Gasteiger partial charge on any atom is -0.504 e. The largest absolute Gasteiger partial charge is 0.504 e. The van der Waals surface area contributed by atoms with Crippen LogP contribution in [0, 0.1) is 11.6 Å². The summed E-state index contributed by atoms with van der Waals surface area (Å²) in [6.45, 7) is 0. The molecular weight excluding hydrogens is 264 g/mol. The molecule has 0 amide bonds. The highest BCUT2D eigenvalue weighted by Gasteiger charge is 2.41. The predicted octanol–water partition coefficient (Wildman–Crippen LogP) is 3.43. The van der Waals surface area contributed by atoms with Crippen LogP contribution in [-0.2, 0) is 10.3 Å². The van der Waals surface area contributed by atoms with Gasteiger partial charge >= 0.3 is 0 Å². The van der Waals surface area contributed by atoms with Crippen molar-refractivity contribution in [2.75, 3.05) is 0 Å². The highest BCUT2D eigenvalue weighted by molar-refractivity contribution is 6.30. The highest BCUT2D eigenvalue weighted by atomic mass is 35.5. The molecule has 0 aliphatic heterocycles. The SMILES string of the molecule is O=C=NC1(c2c(O)c(F)cc(Cl)c2F)CCCC1. The van der Waals surface area contributed by atoms with Gasteiger partial charge in [0.25, 0.3) is 0 Å². The molecule has 0 spiro atoms. The van der Waals surface area contributed by atoms with Gasteiger partial charge in [0, 0.05) is 0 Å². The zero-order valence-electron chi connectivity index (χ0n) is 9.34. The summed E-state index contributed by atoms with van der Waals surface area (Å²) in [5.74, 6) is -2.79. The number of isocyanates is 1.